The van der Waals surface area contributed by atoms with Crippen molar-refractivity contribution in [2.75, 3.05) is 5.75 Å². The molecule has 0 aliphatic heterocycles. The van der Waals surface area contributed by atoms with Gasteiger partial charge in [0.05, 0.1) is 10.5 Å². The molecular formula is C12H12BrNO5S. The molecule has 0 heterocycles. The number of sulfone groups is 1. The smallest absolute Gasteiger partial charge is 0.337 e. The lowest BCUT2D eigenvalue weighted by Gasteiger charge is -2.08. The van der Waals surface area contributed by atoms with Crippen LogP contribution in [-0.4, -0.2) is 37.2 Å². The van der Waals surface area contributed by atoms with Gasteiger partial charge in [-0.2, -0.15) is 0 Å². The second kappa shape index (κ2) is 5.53. The number of benzene rings is 1. The first-order valence-corrected chi connectivity index (χ1v) is 8.29. The molecule has 1 aromatic rings. The third-order valence-corrected chi connectivity index (χ3v) is 4.92. The molecule has 6 nitrogen and oxygen atoms in total. The van der Waals surface area contributed by atoms with E-state index in [-0.39, 0.29) is 16.5 Å². The average Bonchev–Trinajstić information content (AvgIpc) is 3.11. The van der Waals surface area contributed by atoms with Gasteiger partial charge in [0.1, 0.15) is 5.75 Å². The molecule has 1 aromatic carbocycles. The summed E-state index contributed by atoms with van der Waals surface area (Å²) in [4.78, 5) is 22.3. The van der Waals surface area contributed by atoms with E-state index in [4.69, 9.17) is 5.11 Å². The molecule has 0 aromatic heterocycles. The molecule has 20 heavy (non-hydrogen) atoms. The van der Waals surface area contributed by atoms with Gasteiger partial charge in [0.2, 0.25) is 5.91 Å². The SMILES string of the molecule is O=C(CS(=O)(=O)c1cc(Br)ccc1C(=O)O)NC1CC1. The summed E-state index contributed by atoms with van der Waals surface area (Å²) >= 11 is 3.10. The Labute approximate surface area is 124 Å². The van der Waals surface area contributed by atoms with Crippen molar-refractivity contribution in [3.63, 3.8) is 0 Å². The molecular weight excluding hydrogens is 350 g/mol. The molecule has 0 spiro atoms. The number of carbonyl (C=O) groups is 2. The summed E-state index contributed by atoms with van der Waals surface area (Å²) in [6.45, 7) is 0. The van der Waals surface area contributed by atoms with Gasteiger partial charge in [0, 0.05) is 10.5 Å². The van der Waals surface area contributed by atoms with E-state index in [0.717, 1.165) is 12.8 Å². The predicted octanol–water partition coefficient (Wildman–Crippen LogP) is 1.20. The Morgan fingerprint density at radius 2 is 2.00 bits per heavy atom. The minimum absolute atomic E-state index is 0.0548. The number of aromatic carboxylic acids is 1. The van der Waals surface area contributed by atoms with Crippen LogP contribution in [0.2, 0.25) is 0 Å². The average molecular weight is 362 g/mol. The Morgan fingerprint density at radius 3 is 2.55 bits per heavy atom. The zero-order valence-electron chi connectivity index (χ0n) is 10.3. The number of carbonyl (C=O) groups excluding carboxylic acids is 1. The van der Waals surface area contributed by atoms with Crippen molar-refractivity contribution in [1.29, 1.82) is 0 Å². The second-order valence-corrected chi connectivity index (χ2v) is 7.42. The largest absolute Gasteiger partial charge is 0.478 e. The van der Waals surface area contributed by atoms with Gasteiger partial charge in [-0.25, -0.2) is 13.2 Å². The molecule has 2 N–H and O–H groups in total. The molecule has 0 radical (unpaired) electrons. The summed E-state index contributed by atoms with van der Waals surface area (Å²) in [7, 11) is -4.00. The van der Waals surface area contributed by atoms with Gasteiger partial charge >= 0.3 is 5.97 Å². The Kier molecular flexibility index (Phi) is 4.14. The third kappa shape index (κ3) is 3.57. The molecule has 0 atom stereocenters. The zero-order chi connectivity index (χ0) is 14.9. The van der Waals surface area contributed by atoms with Crippen LogP contribution in [0.4, 0.5) is 0 Å². The minimum atomic E-state index is -4.00. The molecule has 2 rings (SSSR count). The molecule has 108 valence electrons. The van der Waals surface area contributed by atoms with Crippen molar-refractivity contribution >= 4 is 37.6 Å². The lowest BCUT2D eigenvalue weighted by Crippen LogP contribution is -2.32. The number of amides is 1. The van der Waals surface area contributed by atoms with Crippen molar-refractivity contribution < 1.29 is 23.1 Å². The maximum atomic E-state index is 12.2. The standard InChI is InChI=1S/C12H12BrNO5S/c13-7-1-4-9(12(16)17)10(5-7)20(18,19)6-11(15)14-8-2-3-8/h1,4-5,8H,2-3,6H2,(H,14,15)(H,16,17). The van der Waals surface area contributed by atoms with E-state index in [1.807, 2.05) is 0 Å². The van der Waals surface area contributed by atoms with Gasteiger partial charge in [-0.1, -0.05) is 15.9 Å². The highest BCUT2D eigenvalue weighted by atomic mass is 79.9. The van der Waals surface area contributed by atoms with Crippen LogP contribution in [0.3, 0.4) is 0 Å². The number of hydrogen-bond acceptors (Lipinski definition) is 4. The zero-order valence-corrected chi connectivity index (χ0v) is 12.7. The first-order valence-electron chi connectivity index (χ1n) is 5.84. The van der Waals surface area contributed by atoms with Gasteiger partial charge < -0.3 is 10.4 Å². The fourth-order valence-corrected chi connectivity index (χ4v) is 3.57. The van der Waals surface area contributed by atoms with E-state index >= 15 is 0 Å². The van der Waals surface area contributed by atoms with Gasteiger partial charge in [0.15, 0.2) is 9.84 Å². The number of rotatable bonds is 5. The number of carboxylic acids is 1. The highest BCUT2D eigenvalue weighted by molar-refractivity contribution is 9.10. The van der Waals surface area contributed by atoms with Crippen LogP contribution in [0.1, 0.15) is 23.2 Å². The van der Waals surface area contributed by atoms with Crippen molar-refractivity contribution in [3.8, 4) is 0 Å². The lowest BCUT2D eigenvalue weighted by atomic mass is 10.2. The molecule has 0 unspecified atom stereocenters. The highest BCUT2D eigenvalue weighted by Crippen LogP contribution is 2.23. The van der Waals surface area contributed by atoms with Crippen LogP contribution in [0.5, 0.6) is 0 Å². The van der Waals surface area contributed by atoms with Crippen LogP contribution in [-0.2, 0) is 14.6 Å². The van der Waals surface area contributed by atoms with Crippen LogP contribution in [0.25, 0.3) is 0 Å². The predicted molar refractivity (Wildman–Crippen MR) is 74.3 cm³/mol. The third-order valence-electron chi connectivity index (χ3n) is 2.77. The van der Waals surface area contributed by atoms with E-state index in [2.05, 4.69) is 21.2 Å². The summed E-state index contributed by atoms with van der Waals surface area (Å²) < 4.78 is 24.8. The van der Waals surface area contributed by atoms with Crippen molar-refractivity contribution in [2.45, 2.75) is 23.8 Å². The topological polar surface area (TPSA) is 101 Å². The molecule has 1 aliphatic rings. The van der Waals surface area contributed by atoms with Crippen LogP contribution >= 0.6 is 15.9 Å². The minimum Gasteiger partial charge on any atom is -0.478 e. The molecule has 1 fully saturated rings. The van der Waals surface area contributed by atoms with Crippen molar-refractivity contribution in [2.24, 2.45) is 0 Å². The summed E-state index contributed by atoms with van der Waals surface area (Å²) in [6.07, 6.45) is 1.70. The Bertz CT molecular complexity index is 666. The Balaban J connectivity index is 2.30. The molecule has 0 bridgehead atoms. The summed E-state index contributed by atoms with van der Waals surface area (Å²) in [5, 5.41) is 11.6. The molecule has 1 saturated carbocycles. The number of nitrogens with one attached hydrogen (secondary N) is 1. The van der Waals surface area contributed by atoms with Gasteiger partial charge in [0.25, 0.3) is 0 Å². The van der Waals surface area contributed by atoms with E-state index < -0.39 is 27.5 Å². The van der Waals surface area contributed by atoms with Crippen molar-refractivity contribution in [3.05, 3.63) is 28.2 Å². The van der Waals surface area contributed by atoms with Crippen LogP contribution in [0, 0.1) is 0 Å². The van der Waals surface area contributed by atoms with E-state index in [0.29, 0.717) is 4.47 Å². The summed E-state index contributed by atoms with van der Waals surface area (Å²) in [5.41, 5.74) is -0.340. The lowest BCUT2D eigenvalue weighted by molar-refractivity contribution is -0.118. The van der Waals surface area contributed by atoms with Crippen LogP contribution in [0.15, 0.2) is 27.6 Å². The monoisotopic (exact) mass is 361 g/mol. The maximum Gasteiger partial charge on any atom is 0.337 e. The summed E-state index contributed by atoms with van der Waals surface area (Å²) in [5.74, 6) is -2.71. The fraction of sp³-hybridized carbons (Fsp3) is 0.333. The number of halogens is 1. The molecule has 1 amide bonds. The van der Waals surface area contributed by atoms with Gasteiger partial charge in [-0.05, 0) is 31.0 Å². The van der Waals surface area contributed by atoms with E-state index in [1.165, 1.54) is 18.2 Å². The summed E-state index contributed by atoms with van der Waals surface area (Å²) in [6, 6.07) is 3.88. The van der Waals surface area contributed by atoms with Gasteiger partial charge in [-0.15, -0.1) is 0 Å². The fourth-order valence-electron chi connectivity index (χ4n) is 1.68. The number of carboxylic acid groups (broad SMARTS) is 1. The normalized spacial score (nSPS) is 14.8. The van der Waals surface area contributed by atoms with E-state index in [1.54, 1.807) is 0 Å². The maximum absolute atomic E-state index is 12.2. The molecule has 8 heteroatoms. The Hall–Kier alpha value is -1.41. The molecule has 0 saturated heterocycles. The highest BCUT2D eigenvalue weighted by Gasteiger charge is 2.29. The van der Waals surface area contributed by atoms with Crippen molar-refractivity contribution in [1.82, 2.24) is 5.32 Å². The Morgan fingerprint density at radius 1 is 1.35 bits per heavy atom. The molecule has 1 aliphatic carbocycles. The van der Waals surface area contributed by atoms with Gasteiger partial charge in [-0.3, -0.25) is 4.79 Å². The van der Waals surface area contributed by atoms with Crippen LogP contribution < -0.4 is 5.32 Å². The van der Waals surface area contributed by atoms with E-state index in [9.17, 15) is 18.0 Å². The number of hydrogen-bond donors (Lipinski definition) is 2. The first-order chi connectivity index (χ1) is 9.29. The second-order valence-electron chi connectivity index (χ2n) is 4.55. The quantitative estimate of drug-likeness (QED) is 0.820. The first kappa shape index (κ1) is 15.0.